The number of carbonyl (C=O) groups is 3. The van der Waals surface area contributed by atoms with Gasteiger partial charge in [-0.25, -0.2) is 0 Å². The van der Waals surface area contributed by atoms with E-state index in [1.807, 2.05) is 12.2 Å². The van der Waals surface area contributed by atoms with E-state index in [2.05, 4.69) is 5.32 Å². The molecular formula is C21H19F3N2O3. The number of benzene rings is 1. The summed E-state index contributed by atoms with van der Waals surface area (Å²) in [5.74, 6) is -1.54. The average Bonchev–Trinajstić information content (AvgIpc) is 3.45. The van der Waals surface area contributed by atoms with Crippen LogP contribution < -0.4 is 5.32 Å². The molecule has 6 rings (SSSR count). The predicted octanol–water partition coefficient (Wildman–Crippen LogP) is 3.09. The molecule has 0 spiro atoms. The van der Waals surface area contributed by atoms with Gasteiger partial charge in [0.05, 0.1) is 23.1 Å². The van der Waals surface area contributed by atoms with Crippen LogP contribution in [0.2, 0.25) is 0 Å². The van der Waals surface area contributed by atoms with Crippen molar-refractivity contribution in [1.82, 2.24) is 4.90 Å². The summed E-state index contributed by atoms with van der Waals surface area (Å²) in [5, 5.41) is 2.25. The molecule has 5 nitrogen and oxygen atoms in total. The van der Waals surface area contributed by atoms with E-state index in [1.165, 1.54) is 19.1 Å². The fourth-order valence-electron chi connectivity index (χ4n) is 5.56. The number of hydrogen-bond acceptors (Lipinski definition) is 3. The van der Waals surface area contributed by atoms with Crippen molar-refractivity contribution in [2.75, 3.05) is 5.32 Å². The molecule has 4 aliphatic carbocycles. The number of nitrogens with zero attached hydrogens (tertiary/aromatic N) is 1. The van der Waals surface area contributed by atoms with Crippen LogP contribution in [-0.4, -0.2) is 28.7 Å². The summed E-state index contributed by atoms with van der Waals surface area (Å²) >= 11 is 0. The van der Waals surface area contributed by atoms with Crippen molar-refractivity contribution in [1.29, 1.82) is 0 Å². The second-order valence-corrected chi connectivity index (χ2v) is 8.41. The lowest BCUT2D eigenvalue weighted by Gasteiger charge is -2.37. The molecule has 1 saturated heterocycles. The van der Waals surface area contributed by atoms with Crippen molar-refractivity contribution in [3.63, 3.8) is 0 Å². The van der Waals surface area contributed by atoms with Gasteiger partial charge in [-0.2, -0.15) is 13.2 Å². The van der Waals surface area contributed by atoms with Gasteiger partial charge >= 0.3 is 6.18 Å². The van der Waals surface area contributed by atoms with Crippen molar-refractivity contribution in [2.45, 2.75) is 25.6 Å². The Hall–Kier alpha value is -2.64. The molecular weight excluding hydrogens is 385 g/mol. The van der Waals surface area contributed by atoms with Gasteiger partial charge in [-0.05, 0) is 49.1 Å². The number of anilines is 1. The Bertz CT molecular complexity index is 921. The maximum Gasteiger partial charge on any atom is 0.418 e. The zero-order valence-electron chi connectivity index (χ0n) is 15.5. The molecule has 2 bridgehead atoms. The lowest BCUT2D eigenvalue weighted by molar-refractivity contribution is -0.146. The summed E-state index contributed by atoms with van der Waals surface area (Å²) in [6.07, 6.45) is 0.450. The number of halogens is 3. The van der Waals surface area contributed by atoms with Crippen LogP contribution in [0.1, 0.15) is 18.9 Å². The van der Waals surface area contributed by atoms with Gasteiger partial charge < -0.3 is 5.32 Å². The van der Waals surface area contributed by atoms with Crippen LogP contribution in [0.4, 0.5) is 18.9 Å². The van der Waals surface area contributed by atoms with Crippen LogP contribution in [0.3, 0.4) is 0 Å². The Morgan fingerprint density at radius 2 is 1.62 bits per heavy atom. The highest BCUT2D eigenvalue weighted by molar-refractivity contribution is 6.10. The fraction of sp³-hybridized carbons (Fsp3) is 0.476. The molecule has 2 saturated carbocycles. The first kappa shape index (κ1) is 18.4. The number of para-hydroxylation sites is 1. The van der Waals surface area contributed by atoms with Crippen molar-refractivity contribution in [3.05, 3.63) is 42.0 Å². The highest BCUT2D eigenvalue weighted by Crippen LogP contribution is 2.65. The van der Waals surface area contributed by atoms with Gasteiger partial charge in [0, 0.05) is 0 Å². The molecule has 7 atom stereocenters. The van der Waals surface area contributed by atoms with Crippen molar-refractivity contribution in [2.24, 2.45) is 35.5 Å². The Morgan fingerprint density at radius 3 is 2.17 bits per heavy atom. The van der Waals surface area contributed by atoms with Crippen LogP contribution in [-0.2, 0) is 20.6 Å². The zero-order valence-corrected chi connectivity index (χ0v) is 15.5. The minimum Gasteiger partial charge on any atom is -0.324 e. The van der Waals surface area contributed by atoms with Gasteiger partial charge in [0.2, 0.25) is 17.7 Å². The third-order valence-corrected chi connectivity index (χ3v) is 6.95. The van der Waals surface area contributed by atoms with Crippen LogP contribution >= 0.6 is 0 Å². The molecule has 5 aliphatic rings. The lowest BCUT2D eigenvalue weighted by atomic mass is 9.63. The molecule has 0 unspecified atom stereocenters. The van der Waals surface area contributed by atoms with Crippen LogP contribution in [0, 0.1) is 35.5 Å². The number of nitrogens with one attached hydrogen (secondary N) is 1. The summed E-state index contributed by atoms with van der Waals surface area (Å²) < 4.78 is 39.5. The SMILES string of the molecule is C[C@@H](C(=O)Nc1ccccc1C(F)(F)F)N1C(=O)[C@@H]2[C@@H]3C=C[C@H]([C@H]4C[C@H]34)[C@@H]2C1=O. The third-order valence-electron chi connectivity index (χ3n) is 6.95. The summed E-state index contributed by atoms with van der Waals surface area (Å²) in [6, 6.07) is 3.45. The first-order chi connectivity index (χ1) is 13.7. The Kier molecular flexibility index (Phi) is 3.76. The first-order valence-corrected chi connectivity index (χ1v) is 9.72. The summed E-state index contributed by atoms with van der Waals surface area (Å²) in [4.78, 5) is 39.7. The highest BCUT2D eigenvalue weighted by atomic mass is 19.4. The van der Waals surface area contributed by atoms with E-state index in [0.717, 1.165) is 23.5 Å². The van der Waals surface area contributed by atoms with Crippen molar-refractivity contribution in [3.8, 4) is 0 Å². The van der Waals surface area contributed by atoms with E-state index in [4.69, 9.17) is 0 Å². The number of amides is 3. The number of carbonyl (C=O) groups excluding carboxylic acids is 3. The summed E-state index contributed by atoms with van der Waals surface area (Å²) in [6.45, 7) is 1.38. The van der Waals surface area contributed by atoms with E-state index in [9.17, 15) is 27.6 Å². The van der Waals surface area contributed by atoms with Gasteiger partial charge in [0.1, 0.15) is 6.04 Å². The van der Waals surface area contributed by atoms with Crippen LogP contribution in [0.15, 0.2) is 36.4 Å². The Morgan fingerprint density at radius 1 is 1.07 bits per heavy atom. The number of allylic oxidation sites excluding steroid dienone is 2. The lowest BCUT2D eigenvalue weighted by Crippen LogP contribution is -2.46. The number of alkyl halides is 3. The minimum atomic E-state index is -4.63. The van der Waals surface area contributed by atoms with Crippen LogP contribution in [0.25, 0.3) is 0 Å². The van der Waals surface area contributed by atoms with E-state index >= 15 is 0 Å². The number of rotatable bonds is 3. The molecule has 3 amide bonds. The average molecular weight is 404 g/mol. The number of hydrogen-bond donors (Lipinski definition) is 1. The van der Waals surface area contributed by atoms with E-state index in [1.54, 1.807) is 0 Å². The molecule has 1 N–H and O–H groups in total. The molecule has 0 aromatic heterocycles. The van der Waals surface area contributed by atoms with Crippen molar-refractivity contribution < 1.29 is 27.6 Å². The number of imide groups is 1. The van der Waals surface area contributed by atoms with E-state index < -0.39 is 41.2 Å². The maximum atomic E-state index is 13.2. The third kappa shape index (κ3) is 2.57. The molecule has 1 aromatic carbocycles. The smallest absolute Gasteiger partial charge is 0.324 e. The molecule has 29 heavy (non-hydrogen) atoms. The maximum absolute atomic E-state index is 13.2. The standard InChI is InChI=1S/C21H19F3N2O3/c1-9(18(27)25-15-5-3-2-4-14(15)21(22,23)24)26-19(28)16-10-6-7-11(13-8-12(10)13)17(16)20(26)29/h2-7,9-13,16-17H,8H2,1H3,(H,25,27)/t9-,10+,11+,12+,13+,16-,17+/m0/s1. The van der Waals surface area contributed by atoms with Crippen molar-refractivity contribution >= 4 is 23.4 Å². The zero-order chi connectivity index (χ0) is 20.7. The molecule has 1 heterocycles. The number of likely N-dealkylation sites (tertiary alicyclic amines) is 1. The highest BCUT2D eigenvalue weighted by Gasteiger charge is 2.67. The second kappa shape index (κ2) is 5.93. The van der Waals surface area contributed by atoms with Gasteiger partial charge in [-0.1, -0.05) is 24.3 Å². The predicted molar refractivity (Wildman–Crippen MR) is 96.1 cm³/mol. The monoisotopic (exact) mass is 404 g/mol. The van der Waals surface area contributed by atoms with Gasteiger partial charge in [-0.3, -0.25) is 19.3 Å². The molecule has 0 radical (unpaired) electrons. The molecule has 3 fully saturated rings. The Balaban J connectivity index is 1.38. The molecule has 1 aromatic rings. The second-order valence-electron chi connectivity index (χ2n) is 8.41. The fourth-order valence-corrected chi connectivity index (χ4v) is 5.56. The largest absolute Gasteiger partial charge is 0.418 e. The molecule has 152 valence electrons. The first-order valence-electron chi connectivity index (χ1n) is 9.72. The van der Waals surface area contributed by atoms with Gasteiger partial charge in [0.15, 0.2) is 0 Å². The van der Waals surface area contributed by atoms with E-state index in [-0.39, 0.29) is 23.7 Å². The summed E-state index contributed by atoms with van der Waals surface area (Å²) in [5.41, 5.74) is -1.37. The Labute approximate surface area is 164 Å². The normalized spacial score (nSPS) is 35.4. The quantitative estimate of drug-likeness (QED) is 0.622. The van der Waals surface area contributed by atoms with Crippen LogP contribution in [0.5, 0.6) is 0 Å². The topological polar surface area (TPSA) is 66.5 Å². The minimum absolute atomic E-state index is 0.0256. The molecule has 8 heteroatoms. The summed E-state index contributed by atoms with van der Waals surface area (Å²) in [7, 11) is 0. The molecule has 1 aliphatic heterocycles. The van der Waals surface area contributed by atoms with Gasteiger partial charge in [-0.15, -0.1) is 0 Å². The van der Waals surface area contributed by atoms with E-state index in [0.29, 0.717) is 11.8 Å². The van der Waals surface area contributed by atoms with Gasteiger partial charge in [0.25, 0.3) is 0 Å².